The second-order valence-corrected chi connectivity index (χ2v) is 8.00. The number of nitrogens with two attached hydrogens (primary N) is 1. The topological polar surface area (TPSA) is 120 Å². The highest BCUT2D eigenvalue weighted by Gasteiger charge is 2.28. The van der Waals surface area contributed by atoms with Crippen molar-refractivity contribution in [3.8, 4) is 5.82 Å². The van der Waals surface area contributed by atoms with Gasteiger partial charge in [0, 0.05) is 22.0 Å². The van der Waals surface area contributed by atoms with Crippen LogP contribution in [0.25, 0.3) is 15.2 Å². The Balaban J connectivity index is 1.61. The van der Waals surface area contributed by atoms with Gasteiger partial charge in [-0.25, -0.2) is 9.97 Å². The van der Waals surface area contributed by atoms with Crippen molar-refractivity contribution in [1.29, 1.82) is 0 Å². The molecule has 4 aromatic rings. The minimum Gasteiger partial charge on any atom is -0.363 e. The lowest BCUT2D eigenvalue weighted by atomic mass is 10.0. The van der Waals surface area contributed by atoms with Gasteiger partial charge in [0.05, 0.1) is 6.20 Å². The van der Waals surface area contributed by atoms with Crippen LogP contribution in [0.1, 0.15) is 16.1 Å². The standard InChI is InChI=1S/C19H15N5O3S2/c20-18(26)16(25)12(7-11-9-29-14-4-6-28-17(11)14)23-19(27)13-8-21-10-24(13)15-3-1-2-5-22-15/h1-6,8-10,12H,7H2,(H2,20,26)(H,23,27). The molecule has 0 saturated heterocycles. The number of Topliss-reactive ketones (excluding diaryl/α,β-unsaturated/α-hetero) is 1. The fourth-order valence-corrected chi connectivity index (χ4v) is 5.06. The molecule has 0 spiro atoms. The van der Waals surface area contributed by atoms with Gasteiger partial charge in [-0.15, -0.1) is 22.7 Å². The smallest absolute Gasteiger partial charge is 0.287 e. The monoisotopic (exact) mass is 425 g/mol. The Labute approximate surface area is 173 Å². The number of nitrogens with one attached hydrogen (secondary N) is 1. The van der Waals surface area contributed by atoms with Crippen molar-refractivity contribution < 1.29 is 14.4 Å². The number of carbonyl (C=O) groups excluding carboxylic acids is 3. The summed E-state index contributed by atoms with van der Waals surface area (Å²) < 4.78 is 3.63. The molecule has 0 fully saturated rings. The van der Waals surface area contributed by atoms with E-state index >= 15 is 0 Å². The van der Waals surface area contributed by atoms with E-state index < -0.39 is 23.6 Å². The number of primary amides is 1. The van der Waals surface area contributed by atoms with Crippen LogP contribution < -0.4 is 11.1 Å². The molecule has 4 rings (SSSR count). The number of imidazole rings is 1. The molecule has 146 valence electrons. The maximum absolute atomic E-state index is 12.9. The fraction of sp³-hybridized carbons (Fsp3) is 0.105. The molecule has 1 unspecified atom stereocenters. The quantitative estimate of drug-likeness (QED) is 0.439. The summed E-state index contributed by atoms with van der Waals surface area (Å²) in [5.41, 5.74) is 6.29. The number of pyridine rings is 1. The summed E-state index contributed by atoms with van der Waals surface area (Å²) in [4.78, 5) is 45.0. The van der Waals surface area contributed by atoms with Crippen LogP contribution in [0.4, 0.5) is 0 Å². The highest BCUT2D eigenvalue weighted by atomic mass is 32.1. The van der Waals surface area contributed by atoms with Crippen molar-refractivity contribution in [2.45, 2.75) is 12.5 Å². The number of hydrogen-bond donors (Lipinski definition) is 2. The number of rotatable bonds is 7. The van der Waals surface area contributed by atoms with Crippen molar-refractivity contribution in [1.82, 2.24) is 19.9 Å². The number of fused-ring (bicyclic) bond motifs is 1. The van der Waals surface area contributed by atoms with Gasteiger partial charge in [0.25, 0.3) is 11.8 Å². The number of carbonyl (C=O) groups is 3. The van der Waals surface area contributed by atoms with Crippen LogP contribution in [-0.2, 0) is 16.0 Å². The summed E-state index contributed by atoms with van der Waals surface area (Å²) >= 11 is 3.09. The summed E-state index contributed by atoms with van der Waals surface area (Å²) in [6.07, 6.45) is 4.60. The first kappa shape index (κ1) is 19.0. The van der Waals surface area contributed by atoms with Crippen LogP contribution in [0, 0.1) is 0 Å². The third-order valence-corrected chi connectivity index (χ3v) is 6.42. The van der Waals surface area contributed by atoms with Crippen molar-refractivity contribution in [2.24, 2.45) is 5.73 Å². The minimum absolute atomic E-state index is 0.172. The molecular formula is C19H15N5O3S2. The third-order valence-electron chi connectivity index (χ3n) is 4.30. The zero-order valence-corrected chi connectivity index (χ0v) is 16.6. The third kappa shape index (κ3) is 3.80. The molecule has 0 radical (unpaired) electrons. The Hall–Kier alpha value is -3.37. The molecule has 10 heteroatoms. The highest BCUT2D eigenvalue weighted by molar-refractivity contribution is 7.26. The SMILES string of the molecule is NC(=O)C(=O)C(Cc1csc2ccsc12)NC(=O)c1cncn1-c1ccccn1. The van der Waals surface area contributed by atoms with E-state index in [0.717, 1.165) is 15.0 Å². The maximum atomic E-state index is 12.9. The second-order valence-electron chi connectivity index (χ2n) is 6.17. The summed E-state index contributed by atoms with van der Waals surface area (Å²) in [7, 11) is 0. The average molecular weight is 425 g/mol. The average Bonchev–Trinajstić information content (AvgIpc) is 3.45. The molecule has 0 aliphatic carbocycles. The number of aromatic nitrogens is 3. The summed E-state index contributed by atoms with van der Waals surface area (Å²) in [5, 5.41) is 6.52. The van der Waals surface area contributed by atoms with Gasteiger partial charge >= 0.3 is 0 Å². The van der Waals surface area contributed by atoms with Gasteiger partial charge in [0.15, 0.2) is 0 Å². The normalized spacial score (nSPS) is 12.0. The van der Waals surface area contributed by atoms with Gasteiger partial charge in [-0.1, -0.05) is 6.07 Å². The molecule has 0 bridgehead atoms. The number of nitrogens with zero attached hydrogens (tertiary/aromatic N) is 3. The Morgan fingerprint density at radius 3 is 2.83 bits per heavy atom. The number of amides is 2. The molecule has 0 aromatic carbocycles. The maximum Gasteiger partial charge on any atom is 0.287 e. The van der Waals surface area contributed by atoms with E-state index in [0.29, 0.717) is 5.82 Å². The first-order chi connectivity index (χ1) is 14.0. The van der Waals surface area contributed by atoms with E-state index in [2.05, 4.69) is 15.3 Å². The minimum atomic E-state index is -1.09. The summed E-state index contributed by atoms with van der Waals surface area (Å²) in [5.74, 6) is -1.99. The van der Waals surface area contributed by atoms with Crippen LogP contribution in [0.5, 0.6) is 0 Å². The lowest BCUT2D eigenvalue weighted by molar-refractivity contribution is -0.137. The molecule has 4 aromatic heterocycles. The molecule has 3 N–H and O–H groups in total. The lowest BCUT2D eigenvalue weighted by Crippen LogP contribution is -2.47. The van der Waals surface area contributed by atoms with Crippen LogP contribution in [0.2, 0.25) is 0 Å². The fourth-order valence-electron chi connectivity index (χ4n) is 2.93. The second kappa shape index (κ2) is 7.94. The van der Waals surface area contributed by atoms with Crippen LogP contribution >= 0.6 is 22.7 Å². The van der Waals surface area contributed by atoms with Crippen LogP contribution in [-0.4, -0.2) is 38.2 Å². The Bertz CT molecular complexity index is 1190. The van der Waals surface area contributed by atoms with E-state index in [1.165, 1.54) is 17.1 Å². The van der Waals surface area contributed by atoms with E-state index in [4.69, 9.17) is 5.73 Å². The first-order valence-corrected chi connectivity index (χ1v) is 10.3. The molecule has 4 heterocycles. The zero-order chi connectivity index (χ0) is 20.4. The summed E-state index contributed by atoms with van der Waals surface area (Å²) in [6, 6.07) is 6.18. The van der Waals surface area contributed by atoms with E-state index in [-0.39, 0.29) is 12.1 Å². The predicted molar refractivity (Wildman–Crippen MR) is 110 cm³/mol. The predicted octanol–water partition coefficient (Wildman–Crippen LogP) is 1.94. The Morgan fingerprint density at radius 2 is 2.07 bits per heavy atom. The Morgan fingerprint density at radius 1 is 1.21 bits per heavy atom. The Kier molecular flexibility index (Phi) is 5.19. The molecule has 0 saturated carbocycles. The van der Waals surface area contributed by atoms with Gasteiger partial charge < -0.3 is 11.1 Å². The largest absolute Gasteiger partial charge is 0.363 e. The van der Waals surface area contributed by atoms with Crippen molar-refractivity contribution in [2.75, 3.05) is 0 Å². The highest BCUT2D eigenvalue weighted by Crippen LogP contribution is 2.31. The molecular weight excluding hydrogens is 410 g/mol. The molecule has 1 atom stereocenters. The van der Waals surface area contributed by atoms with E-state index in [9.17, 15) is 14.4 Å². The van der Waals surface area contributed by atoms with Gasteiger partial charge in [-0.05, 0) is 34.5 Å². The van der Waals surface area contributed by atoms with Crippen molar-refractivity contribution >= 4 is 49.7 Å². The van der Waals surface area contributed by atoms with Crippen LogP contribution in [0.15, 0.2) is 53.7 Å². The van der Waals surface area contributed by atoms with Gasteiger partial charge in [0.1, 0.15) is 23.9 Å². The number of ketones is 1. The van der Waals surface area contributed by atoms with E-state index in [1.807, 2.05) is 16.8 Å². The molecule has 0 aliphatic heterocycles. The van der Waals surface area contributed by atoms with E-state index in [1.54, 1.807) is 47.1 Å². The molecule has 0 aliphatic rings. The van der Waals surface area contributed by atoms with Gasteiger partial charge in [0.2, 0.25) is 5.78 Å². The molecule has 2 amide bonds. The van der Waals surface area contributed by atoms with Gasteiger partial charge in [-0.2, -0.15) is 0 Å². The van der Waals surface area contributed by atoms with Crippen molar-refractivity contribution in [3.63, 3.8) is 0 Å². The van der Waals surface area contributed by atoms with Crippen molar-refractivity contribution in [3.05, 3.63) is 65.0 Å². The number of hydrogen-bond acceptors (Lipinski definition) is 7. The zero-order valence-electron chi connectivity index (χ0n) is 14.9. The van der Waals surface area contributed by atoms with Gasteiger partial charge in [-0.3, -0.25) is 19.0 Å². The number of thiophene rings is 2. The lowest BCUT2D eigenvalue weighted by Gasteiger charge is -2.16. The summed E-state index contributed by atoms with van der Waals surface area (Å²) in [6.45, 7) is 0. The first-order valence-electron chi connectivity index (χ1n) is 8.56. The molecule has 29 heavy (non-hydrogen) atoms. The molecule has 8 nitrogen and oxygen atoms in total. The van der Waals surface area contributed by atoms with Crippen LogP contribution in [0.3, 0.4) is 0 Å².